The molecule has 1 unspecified atom stereocenters. The molecule has 11 heavy (non-hydrogen) atoms. The Kier molecular flexibility index (Phi) is 2.26. The molecule has 0 N–H and O–H groups in total. The fourth-order valence-corrected chi connectivity index (χ4v) is 1.74. The molecule has 1 atom stereocenters. The van der Waals surface area contributed by atoms with E-state index in [2.05, 4.69) is 44.9 Å². The van der Waals surface area contributed by atoms with Crippen molar-refractivity contribution in [2.45, 2.75) is 40.2 Å². The zero-order valence-corrected chi connectivity index (χ0v) is 8.09. The number of hydrogen-bond donors (Lipinski definition) is 0. The molecule has 1 nitrogen and oxygen atoms in total. The second-order valence-electron chi connectivity index (χ2n) is 4.33. The number of rotatable bonds is 1. The maximum absolute atomic E-state index is 2.43. The predicted molar refractivity (Wildman–Crippen MR) is 49.4 cm³/mol. The van der Waals surface area contributed by atoms with Crippen LogP contribution in [0.5, 0.6) is 0 Å². The lowest BCUT2D eigenvalue weighted by molar-refractivity contribution is 0.169. The Morgan fingerprint density at radius 2 is 2.09 bits per heavy atom. The SMILES string of the molecule is CCN1C=CCC1C(C)(C)C. The monoisotopic (exact) mass is 153 g/mol. The standard InChI is InChI=1S/C10H19N/c1-5-11-8-6-7-9(11)10(2,3)4/h6,8-9H,5,7H2,1-4H3. The number of nitrogens with zero attached hydrogens (tertiary/aromatic N) is 1. The van der Waals surface area contributed by atoms with Gasteiger partial charge in [-0.2, -0.15) is 0 Å². The maximum Gasteiger partial charge on any atom is 0.0367 e. The summed E-state index contributed by atoms with van der Waals surface area (Å²) in [7, 11) is 0. The van der Waals surface area contributed by atoms with E-state index in [9.17, 15) is 0 Å². The summed E-state index contributed by atoms with van der Waals surface area (Å²) in [6, 6.07) is 0.715. The molecular formula is C10H19N. The zero-order chi connectivity index (χ0) is 8.48. The molecule has 0 saturated heterocycles. The van der Waals surface area contributed by atoms with Crippen molar-refractivity contribution in [3.8, 4) is 0 Å². The quantitative estimate of drug-likeness (QED) is 0.560. The van der Waals surface area contributed by atoms with Crippen LogP contribution in [0, 0.1) is 5.41 Å². The molecule has 0 spiro atoms. The van der Waals surface area contributed by atoms with Crippen LogP contribution in [0.2, 0.25) is 0 Å². The average Bonchev–Trinajstić information content (AvgIpc) is 2.31. The van der Waals surface area contributed by atoms with Crippen LogP contribution in [0.25, 0.3) is 0 Å². The first-order chi connectivity index (χ1) is 5.05. The van der Waals surface area contributed by atoms with Gasteiger partial charge < -0.3 is 4.90 Å². The second kappa shape index (κ2) is 2.88. The Balaban J connectivity index is 2.61. The molecule has 0 saturated carbocycles. The van der Waals surface area contributed by atoms with E-state index in [1.807, 2.05) is 0 Å². The first kappa shape index (κ1) is 8.63. The van der Waals surface area contributed by atoms with Crippen molar-refractivity contribution in [3.63, 3.8) is 0 Å². The lowest BCUT2D eigenvalue weighted by Crippen LogP contribution is -2.37. The summed E-state index contributed by atoms with van der Waals surface area (Å²) in [4.78, 5) is 2.43. The highest BCUT2D eigenvalue weighted by Crippen LogP contribution is 2.30. The zero-order valence-electron chi connectivity index (χ0n) is 8.09. The van der Waals surface area contributed by atoms with E-state index in [1.54, 1.807) is 0 Å². The van der Waals surface area contributed by atoms with E-state index in [-0.39, 0.29) is 0 Å². The van der Waals surface area contributed by atoms with Crippen molar-refractivity contribution in [2.75, 3.05) is 6.54 Å². The molecule has 0 radical (unpaired) electrons. The summed E-state index contributed by atoms with van der Waals surface area (Å²) in [6.07, 6.45) is 5.73. The third kappa shape index (κ3) is 1.76. The minimum Gasteiger partial charge on any atom is -0.374 e. The highest BCUT2D eigenvalue weighted by molar-refractivity contribution is 5.01. The van der Waals surface area contributed by atoms with Crippen LogP contribution in [-0.2, 0) is 0 Å². The molecule has 1 aliphatic rings. The smallest absolute Gasteiger partial charge is 0.0367 e. The Labute approximate surface area is 70.1 Å². The van der Waals surface area contributed by atoms with Crippen molar-refractivity contribution >= 4 is 0 Å². The van der Waals surface area contributed by atoms with Crippen LogP contribution in [0.1, 0.15) is 34.1 Å². The molecule has 1 aliphatic heterocycles. The molecule has 0 aromatic heterocycles. The van der Waals surface area contributed by atoms with E-state index in [1.165, 1.54) is 6.42 Å². The summed E-state index contributed by atoms with van der Waals surface area (Å²) in [5.41, 5.74) is 0.416. The van der Waals surface area contributed by atoms with Gasteiger partial charge in [0.2, 0.25) is 0 Å². The summed E-state index contributed by atoms with van der Waals surface area (Å²) < 4.78 is 0. The van der Waals surface area contributed by atoms with Crippen LogP contribution in [0.3, 0.4) is 0 Å². The first-order valence-corrected chi connectivity index (χ1v) is 4.48. The van der Waals surface area contributed by atoms with Gasteiger partial charge in [0.15, 0.2) is 0 Å². The van der Waals surface area contributed by atoms with Gasteiger partial charge in [0.25, 0.3) is 0 Å². The predicted octanol–water partition coefficient (Wildman–Crippen LogP) is 2.64. The average molecular weight is 153 g/mol. The summed E-state index contributed by atoms with van der Waals surface area (Å²) in [6.45, 7) is 10.3. The van der Waals surface area contributed by atoms with Gasteiger partial charge in [-0.25, -0.2) is 0 Å². The Hall–Kier alpha value is -0.460. The molecule has 0 aliphatic carbocycles. The molecular weight excluding hydrogens is 134 g/mol. The minimum absolute atomic E-state index is 0.416. The van der Waals surface area contributed by atoms with Crippen LogP contribution in [-0.4, -0.2) is 17.5 Å². The van der Waals surface area contributed by atoms with Crippen molar-refractivity contribution in [1.82, 2.24) is 4.90 Å². The van der Waals surface area contributed by atoms with Gasteiger partial charge in [0.05, 0.1) is 0 Å². The van der Waals surface area contributed by atoms with Gasteiger partial charge in [-0.05, 0) is 25.0 Å². The third-order valence-corrected chi connectivity index (χ3v) is 2.42. The van der Waals surface area contributed by atoms with E-state index in [4.69, 9.17) is 0 Å². The van der Waals surface area contributed by atoms with Crippen LogP contribution < -0.4 is 0 Å². The van der Waals surface area contributed by atoms with E-state index in [0.29, 0.717) is 11.5 Å². The molecule has 1 rings (SSSR count). The highest BCUT2D eigenvalue weighted by Gasteiger charge is 2.29. The summed E-state index contributed by atoms with van der Waals surface area (Å²) >= 11 is 0. The second-order valence-corrected chi connectivity index (χ2v) is 4.33. The van der Waals surface area contributed by atoms with Gasteiger partial charge >= 0.3 is 0 Å². The van der Waals surface area contributed by atoms with E-state index in [0.717, 1.165) is 6.54 Å². The molecule has 0 fully saturated rings. The van der Waals surface area contributed by atoms with Crippen molar-refractivity contribution < 1.29 is 0 Å². The van der Waals surface area contributed by atoms with Crippen LogP contribution >= 0.6 is 0 Å². The van der Waals surface area contributed by atoms with E-state index >= 15 is 0 Å². The molecule has 0 aromatic carbocycles. The fraction of sp³-hybridized carbons (Fsp3) is 0.800. The van der Waals surface area contributed by atoms with Crippen molar-refractivity contribution in [1.29, 1.82) is 0 Å². The van der Waals surface area contributed by atoms with Gasteiger partial charge in [-0.1, -0.05) is 26.8 Å². The first-order valence-electron chi connectivity index (χ1n) is 4.48. The van der Waals surface area contributed by atoms with Crippen molar-refractivity contribution in [2.24, 2.45) is 5.41 Å². The third-order valence-electron chi connectivity index (χ3n) is 2.42. The van der Waals surface area contributed by atoms with Gasteiger partial charge in [-0.3, -0.25) is 0 Å². The Bertz CT molecular complexity index is 153. The molecule has 1 heteroatoms. The molecule has 0 bridgehead atoms. The fourth-order valence-electron chi connectivity index (χ4n) is 1.74. The van der Waals surface area contributed by atoms with Gasteiger partial charge in [0.1, 0.15) is 0 Å². The Morgan fingerprint density at radius 3 is 2.45 bits per heavy atom. The summed E-state index contributed by atoms with van der Waals surface area (Å²) in [5.74, 6) is 0. The molecule has 0 amide bonds. The van der Waals surface area contributed by atoms with Crippen molar-refractivity contribution in [3.05, 3.63) is 12.3 Å². The lowest BCUT2D eigenvalue weighted by atomic mass is 9.85. The topological polar surface area (TPSA) is 3.24 Å². The van der Waals surface area contributed by atoms with Crippen LogP contribution in [0.15, 0.2) is 12.3 Å². The largest absolute Gasteiger partial charge is 0.374 e. The Morgan fingerprint density at radius 1 is 1.45 bits per heavy atom. The lowest BCUT2D eigenvalue weighted by Gasteiger charge is -2.35. The minimum atomic E-state index is 0.416. The van der Waals surface area contributed by atoms with Gasteiger partial charge in [-0.15, -0.1) is 0 Å². The van der Waals surface area contributed by atoms with E-state index < -0.39 is 0 Å². The number of hydrogen-bond acceptors (Lipinski definition) is 1. The summed E-state index contributed by atoms with van der Waals surface area (Å²) in [5, 5.41) is 0. The van der Waals surface area contributed by atoms with Crippen LogP contribution in [0.4, 0.5) is 0 Å². The highest BCUT2D eigenvalue weighted by atomic mass is 15.2. The molecule has 1 heterocycles. The molecule has 64 valence electrons. The van der Waals surface area contributed by atoms with Gasteiger partial charge in [0, 0.05) is 12.6 Å². The maximum atomic E-state index is 2.43. The normalized spacial score (nSPS) is 24.7. The molecule has 0 aromatic rings.